The Bertz CT molecular complexity index is 768. The summed E-state index contributed by atoms with van der Waals surface area (Å²) < 4.78 is 8.85. The first-order chi connectivity index (χ1) is 11.3. The summed E-state index contributed by atoms with van der Waals surface area (Å²) in [5, 5.41) is 27.0. The molecule has 0 aromatic carbocycles. The van der Waals surface area contributed by atoms with Crippen LogP contribution in [0.2, 0.25) is 0 Å². The number of hydrogen-bond acceptors (Lipinski definition) is 6. The molecule has 8 heteroatoms. The van der Waals surface area contributed by atoms with Gasteiger partial charge < -0.3 is 10.4 Å². The first-order valence-electron chi connectivity index (χ1n) is 6.65. The fraction of sp³-hybridized carbons (Fsp3) is 0. The zero-order chi connectivity index (χ0) is 16.1. The molecule has 0 spiro atoms. The van der Waals surface area contributed by atoms with Crippen LogP contribution in [0.4, 0.5) is 0 Å². The molecule has 0 aliphatic heterocycles. The summed E-state index contributed by atoms with van der Waals surface area (Å²) in [5.74, 6) is 1.15. The summed E-state index contributed by atoms with van der Waals surface area (Å²) in [7, 11) is 0. The predicted octanol–water partition coefficient (Wildman–Crippen LogP) is 0.844. The van der Waals surface area contributed by atoms with E-state index in [9.17, 15) is 0 Å². The molecule has 3 rings (SSSR count). The lowest BCUT2D eigenvalue weighted by Gasteiger charge is -1.92. The number of pyridine rings is 2. The van der Waals surface area contributed by atoms with Gasteiger partial charge in [0.1, 0.15) is 0 Å². The van der Waals surface area contributed by atoms with Gasteiger partial charge in [-0.1, -0.05) is 10.3 Å². The van der Waals surface area contributed by atoms with Gasteiger partial charge in [0, 0.05) is 23.3 Å². The lowest BCUT2D eigenvalue weighted by molar-refractivity contribution is -0.610. The Hall–Kier alpha value is -3.55. The van der Waals surface area contributed by atoms with Crippen molar-refractivity contribution in [2.75, 3.05) is 0 Å². The fourth-order valence-electron chi connectivity index (χ4n) is 1.98. The molecule has 0 radical (unpaired) electrons. The first-order valence-corrected chi connectivity index (χ1v) is 6.65. The van der Waals surface area contributed by atoms with E-state index in [0.717, 1.165) is 11.1 Å². The second-order valence-corrected chi connectivity index (χ2v) is 4.59. The molecular weight excluding hydrogens is 298 g/mol. The molecule has 0 aliphatic carbocycles. The maximum Gasteiger partial charge on any atom is 0.432 e. The Kier molecular flexibility index (Phi) is 4.05. The zero-order valence-electron chi connectivity index (χ0n) is 11.9. The summed E-state index contributed by atoms with van der Waals surface area (Å²) in [6.07, 6.45) is 9.78. The van der Waals surface area contributed by atoms with E-state index in [-0.39, 0.29) is 0 Å². The van der Waals surface area contributed by atoms with Crippen molar-refractivity contribution in [2.45, 2.75) is 0 Å². The van der Waals surface area contributed by atoms with Crippen molar-refractivity contribution in [1.29, 1.82) is 0 Å². The normalized spacial score (nSPS) is 11.5. The first kappa shape index (κ1) is 14.4. The number of hydrogen-bond donors (Lipinski definition) is 2. The molecular formula is C15H13N5O3+2. The van der Waals surface area contributed by atoms with Gasteiger partial charge in [0.15, 0.2) is 23.6 Å². The van der Waals surface area contributed by atoms with Gasteiger partial charge in [-0.2, -0.15) is 9.09 Å². The van der Waals surface area contributed by atoms with E-state index in [1.165, 1.54) is 12.4 Å². The molecule has 3 aromatic heterocycles. The molecule has 114 valence electrons. The van der Waals surface area contributed by atoms with Crippen molar-refractivity contribution >= 4 is 12.4 Å². The minimum absolute atomic E-state index is 0.543. The van der Waals surface area contributed by atoms with Crippen LogP contribution >= 0.6 is 0 Å². The van der Waals surface area contributed by atoms with Gasteiger partial charge in [-0.3, -0.25) is 0 Å². The third-order valence-electron chi connectivity index (χ3n) is 3.13. The van der Waals surface area contributed by atoms with Crippen LogP contribution < -0.4 is 9.13 Å². The van der Waals surface area contributed by atoms with Crippen LogP contribution in [0.1, 0.15) is 11.1 Å². The van der Waals surface area contributed by atoms with E-state index in [2.05, 4.69) is 15.5 Å². The molecule has 0 saturated heterocycles. The van der Waals surface area contributed by atoms with Crippen molar-refractivity contribution in [1.82, 2.24) is 5.16 Å². The Labute approximate surface area is 130 Å². The maximum absolute atomic E-state index is 8.50. The van der Waals surface area contributed by atoms with E-state index in [0.29, 0.717) is 11.7 Å². The van der Waals surface area contributed by atoms with Crippen LogP contribution in [0.5, 0.6) is 0 Å². The Balaban J connectivity index is 1.84. The Morgan fingerprint density at radius 3 is 1.91 bits per heavy atom. The fourth-order valence-corrected chi connectivity index (χ4v) is 1.98. The van der Waals surface area contributed by atoms with Crippen LogP contribution in [-0.4, -0.2) is 28.0 Å². The third kappa shape index (κ3) is 3.21. The SMILES string of the molecule is O/N=C/c1cc[n+](-c2cc(-[n+]3ccc(/C=N/O)cc3)on2)cc1. The van der Waals surface area contributed by atoms with Crippen molar-refractivity contribution in [3.8, 4) is 11.7 Å². The number of rotatable bonds is 4. The van der Waals surface area contributed by atoms with Crippen molar-refractivity contribution in [3.05, 3.63) is 66.2 Å². The summed E-state index contributed by atoms with van der Waals surface area (Å²) in [4.78, 5) is 0. The van der Waals surface area contributed by atoms with Crippen LogP contribution in [-0.2, 0) is 0 Å². The van der Waals surface area contributed by atoms with Gasteiger partial charge >= 0.3 is 11.7 Å². The van der Waals surface area contributed by atoms with Crippen molar-refractivity contribution < 1.29 is 24.1 Å². The molecule has 3 aromatic rings. The molecule has 0 fully saturated rings. The predicted molar refractivity (Wildman–Crippen MR) is 78.3 cm³/mol. The molecule has 2 N–H and O–H groups in total. The van der Waals surface area contributed by atoms with Gasteiger partial charge in [-0.05, 0) is 12.1 Å². The minimum Gasteiger partial charge on any atom is -0.411 e. The highest BCUT2D eigenvalue weighted by molar-refractivity contribution is 5.78. The smallest absolute Gasteiger partial charge is 0.411 e. The second kappa shape index (κ2) is 6.48. The van der Waals surface area contributed by atoms with E-state index >= 15 is 0 Å². The second-order valence-electron chi connectivity index (χ2n) is 4.59. The lowest BCUT2D eigenvalue weighted by Crippen LogP contribution is -2.31. The molecule has 0 saturated carbocycles. The number of aromatic nitrogens is 3. The number of oxime groups is 2. The highest BCUT2D eigenvalue weighted by atomic mass is 16.5. The van der Waals surface area contributed by atoms with Gasteiger partial charge in [0.2, 0.25) is 0 Å². The molecule has 0 bridgehead atoms. The van der Waals surface area contributed by atoms with Gasteiger partial charge in [-0.15, -0.1) is 4.57 Å². The van der Waals surface area contributed by atoms with Gasteiger partial charge in [0.05, 0.1) is 24.8 Å². The molecule has 0 unspecified atom stereocenters. The van der Waals surface area contributed by atoms with Crippen molar-refractivity contribution in [3.63, 3.8) is 0 Å². The van der Waals surface area contributed by atoms with Crippen LogP contribution in [0.15, 0.2) is 70.0 Å². The van der Waals surface area contributed by atoms with Gasteiger partial charge in [-0.25, -0.2) is 0 Å². The summed E-state index contributed by atoms with van der Waals surface area (Å²) in [6.45, 7) is 0. The molecule has 23 heavy (non-hydrogen) atoms. The topological polar surface area (TPSA) is 99.0 Å². The summed E-state index contributed by atoms with van der Waals surface area (Å²) in [6, 6.07) is 8.89. The van der Waals surface area contributed by atoms with Crippen molar-refractivity contribution in [2.24, 2.45) is 10.3 Å². The monoisotopic (exact) mass is 311 g/mol. The standard InChI is InChI=1S/C15H11N5O3/c21-16-10-12-1-5-19(6-2-12)14-9-15(23-18-14)20-7-3-13(4-8-20)11-17-22/h1-11H/p+2. The molecule has 8 nitrogen and oxygen atoms in total. The third-order valence-corrected chi connectivity index (χ3v) is 3.13. The summed E-state index contributed by atoms with van der Waals surface area (Å²) in [5.41, 5.74) is 1.53. The lowest BCUT2D eigenvalue weighted by atomic mass is 10.3. The van der Waals surface area contributed by atoms with E-state index in [4.69, 9.17) is 14.9 Å². The summed E-state index contributed by atoms with van der Waals surface area (Å²) >= 11 is 0. The molecule has 0 aliphatic rings. The molecule has 0 atom stereocenters. The highest BCUT2D eigenvalue weighted by Gasteiger charge is 2.21. The quantitative estimate of drug-likeness (QED) is 0.323. The molecule has 0 amide bonds. The average molecular weight is 311 g/mol. The van der Waals surface area contributed by atoms with Crippen LogP contribution in [0.25, 0.3) is 11.7 Å². The average Bonchev–Trinajstić information content (AvgIpc) is 3.07. The van der Waals surface area contributed by atoms with E-state index in [1.807, 2.05) is 0 Å². The Morgan fingerprint density at radius 1 is 0.870 bits per heavy atom. The van der Waals surface area contributed by atoms with Crippen LogP contribution in [0.3, 0.4) is 0 Å². The minimum atomic E-state index is 0.543. The van der Waals surface area contributed by atoms with E-state index in [1.54, 1.807) is 64.3 Å². The number of nitrogens with zero attached hydrogens (tertiary/aromatic N) is 5. The van der Waals surface area contributed by atoms with Crippen LogP contribution in [0, 0.1) is 0 Å². The maximum atomic E-state index is 8.50. The zero-order valence-corrected chi connectivity index (χ0v) is 11.9. The van der Waals surface area contributed by atoms with E-state index < -0.39 is 0 Å². The molecule has 3 heterocycles. The largest absolute Gasteiger partial charge is 0.432 e. The Morgan fingerprint density at radius 2 is 1.39 bits per heavy atom. The van der Waals surface area contributed by atoms with Gasteiger partial charge in [0.25, 0.3) is 0 Å². The highest BCUT2D eigenvalue weighted by Crippen LogP contribution is 2.04.